The molecule has 3 amide bonds. The predicted octanol–water partition coefficient (Wildman–Crippen LogP) is 1.41. The molecule has 0 aromatic rings. The second-order valence-electron chi connectivity index (χ2n) is 8.40. The number of aliphatic carboxylic acids is 1. The van der Waals surface area contributed by atoms with Crippen molar-refractivity contribution in [3.8, 4) is 0 Å². The van der Waals surface area contributed by atoms with Gasteiger partial charge in [0.1, 0.15) is 17.7 Å². The first-order valence-electron chi connectivity index (χ1n) is 9.69. The molecule has 1 fully saturated rings. The van der Waals surface area contributed by atoms with Gasteiger partial charge in [-0.15, -0.1) is 0 Å². The lowest BCUT2D eigenvalue weighted by atomic mass is 9.81. The predicted molar refractivity (Wildman–Crippen MR) is 103 cm³/mol. The molecule has 9 nitrogen and oxygen atoms in total. The standard InChI is InChI=1S/C19H33N3O6/c1-11(22-18(27)28-19(3,4)5)15(23)20-10-13-6-8-14(9-7-13)16(24)21-12(2)17(25)26/h11-14H,6-10H2,1-5H3,(H,20,23)(H,21,24)(H,22,27)(H,25,26)/t11-,12-,13?,14?/m1/s1. The van der Waals surface area contributed by atoms with Crippen LogP contribution in [0, 0.1) is 11.8 Å². The summed E-state index contributed by atoms with van der Waals surface area (Å²) in [5, 5.41) is 16.7. The molecule has 0 aromatic heterocycles. The van der Waals surface area contributed by atoms with E-state index in [1.807, 2.05) is 0 Å². The molecule has 1 aliphatic rings. The lowest BCUT2D eigenvalue weighted by Crippen LogP contribution is -2.47. The van der Waals surface area contributed by atoms with Crippen LogP contribution in [0.25, 0.3) is 0 Å². The molecule has 0 radical (unpaired) electrons. The van der Waals surface area contributed by atoms with Gasteiger partial charge in [0.25, 0.3) is 0 Å². The number of rotatable bonds is 7. The van der Waals surface area contributed by atoms with Crippen LogP contribution in [-0.4, -0.2) is 53.2 Å². The van der Waals surface area contributed by atoms with Crippen molar-refractivity contribution in [2.45, 2.75) is 78.0 Å². The molecular formula is C19H33N3O6. The fraction of sp³-hybridized carbons (Fsp3) is 0.789. The van der Waals surface area contributed by atoms with Crippen LogP contribution in [0.5, 0.6) is 0 Å². The van der Waals surface area contributed by atoms with Crippen molar-refractivity contribution in [1.82, 2.24) is 16.0 Å². The van der Waals surface area contributed by atoms with Gasteiger partial charge < -0.3 is 25.8 Å². The van der Waals surface area contributed by atoms with E-state index in [0.29, 0.717) is 19.4 Å². The minimum atomic E-state index is -1.06. The summed E-state index contributed by atoms with van der Waals surface area (Å²) in [6, 6.07) is -1.61. The molecule has 0 aromatic carbocycles. The first-order chi connectivity index (χ1) is 12.9. The molecular weight excluding hydrogens is 366 g/mol. The zero-order valence-electron chi connectivity index (χ0n) is 17.3. The molecule has 160 valence electrons. The van der Waals surface area contributed by atoms with Crippen LogP contribution in [0.2, 0.25) is 0 Å². The highest BCUT2D eigenvalue weighted by molar-refractivity contribution is 5.85. The lowest BCUT2D eigenvalue weighted by Gasteiger charge is -2.28. The van der Waals surface area contributed by atoms with E-state index in [1.54, 1.807) is 27.7 Å². The number of ether oxygens (including phenoxy) is 1. The van der Waals surface area contributed by atoms with E-state index in [-0.39, 0.29) is 23.7 Å². The minimum absolute atomic E-state index is 0.193. The van der Waals surface area contributed by atoms with Gasteiger partial charge in [0, 0.05) is 12.5 Å². The SMILES string of the molecule is C[C@@H](NC(=O)C1CCC(CNC(=O)[C@@H](C)NC(=O)OC(C)(C)C)CC1)C(=O)O. The van der Waals surface area contributed by atoms with Crippen LogP contribution in [0.4, 0.5) is 4.79 Å². The van der Waals surface area contributed by atoms with Gasteiger partial charge in [0.2, 0.25) is 11.8 Å². The zero-order chi connectivity index (χ0) is 21.5. The van der Waals surface area contributed by atoms with Crippen molar-refractivity contribution < 1.29 is 29.0 Å². The number of carbonyl (C=O) groups excluding carboxylic acids is 3. The fourth-order valence-electron chi connectivity index (χ4n) is 2.97. The Morgan fingerprint density at radius 1 is 1.00 bits per heavy atom. The van der Waals surface area contributed by atoms with E-state index >= 15 is 0 Å². The number of nitrogens with one attached hydrogen (secondary N) is 3. The maximum Gasteiger partial charge on any atom is 0.408 e. The number of hydrogen-bond donors (Lipinski definition) is 4. The smallest absolute Gasteiger partial charge is 0.408 e. The van der Waals surface area contributed by atoms with Crippen LogP contribution in [0.1, 0.15) is 60.3 Å². The summed E-state index contributed by atoms with van der Waals surface area (Å²) in [6.07, 6.45) is 2.22. The van der Waals surface area contributed by atoms with Crippen molar-refractivity contribution >= 4 is 23.9 Å². The third-order valence-corrected chi connectivity index (χ3v) is 4.64. The number of hydrogen-bond acceptors (Lipinski definition) is 5. The Hall–Kier alpha value is -2.32. The van der Waals surface area contributed by atoms with Crippen LogP contribution in [0.3, 0.4) is 0 Å². The summed E-state index contributed by atoms with van der Waals surface area (Å²) in [4.78, 5) is 46.8. The van der Waals surface area contributed by atoms with Crippen molar-refractivity contribution in [2.75, 3.05) is 6.54 Å². The van der Waals surface area contributed by atoms with Crippen molar-refractivity contribution in [2.24, 2.45) is 11.8 Å². The zero-order valence-corrected chi connectivity index (χ0v) is 17.3. The molecule has 0 saturated heterocycles. The average molecular weight is 399 g/mol. The van der Waals surface area contributed by atoms with Crippen LogP contribution < -0.4 is 16.0 Å². The van der Waals surface area contributed by atoms with Gasteiger partial charge in [-0.1, -0.05) is 0 Å². The van der Waals surface area contributed by atoms with Crippen molar-refractivity contribution in [3.63, 3.8) is 0 Å². The van der Waals surface area contributed by atoms with Crippen LogP contribution in [-0.2, 0) is 19.1 Å². The Kier molecular flexibility index (Phi) is 8.71. The Balaban J connectivity index is 2.32. The number of carboxylic acid groups (broad SMARTS) is 1. The molecule has 1 rings (SSSR count). The van der Waals surface area contributed by atoms with Gasteiger partial charge >= 0.3 is 12.1 Å². The summed E-state index contributed by atoms with van der Waals surface area (Å²) in [7, 11) is 0. The molecule has 2 atom stereocenters. The molecule has 1 aliphatic carbocycles. The highest BCUT2D eigenvalue weighted by Gasteiger charge is 2.28. The van der Waals surface area contributed by atoms with Gasteiger partial charge in [-0.3, -0.25) is 14.4 Å². The minimum Gasteiger partial charge on any atom is -0.480 e. The Labute approximate surface area is 166 Å². The summed E-state index contributed by atoms with van der Waals surface area (Å²) < 4.78 is 5.12. The van der Waals surface area contributed by atoms with Gasteiger partial charge in [-0.25, -0.2) is 4.79 Å². The van der Waals surface area contributed by atoms with Gasteiger partial charge in [0.15, 0.2) is 0 Å². The molecule has 4 N–H and O–H groups in total. The molecule has 1 saturated carbocycles. The van der Waals surface area contributed by atoms with E-state index in [0.717, 1.165) is 12.8 Å². The topological polar surface area (TPSA) is 134 Å². The van der Waals surface area contributed by atoms with Crippen molar-refractivity contribution in [1.29, 1.82) is 0 Å². The van der Waals surface area contributed by atoms with E-state index in [9.17, 15) is 19.2 Å². The number of carbonyl (C=O) groups is 4. The third kappa shape index (κ3) is 8.58. The van der Waals surface area contributed by atoms with Crippen LogP contribution in [0.15, 0.2) is 0 Å². The van der Waals surface area contributed by atoms with Crippen molar-refractivity contribution in [3.05, 3.63) is 0 Å². The molecule has 0 unspecified atom stereocenters. The Morgan fingerprint density at radius 2 is 1.57 bits per heavy atom. The van der Waals surface area contributed by atoms with E-state index in [2.05, 4.69) is 16.0 Å². The second-order valence-corrected chi connectivity index (χ2v) is 8.40. The molecule has 0 bridgehead atoms. The molecule has 0 spiro atoms. The normalized spacial score (nSPS) is 21.8. The van der Waals surface area contributed by atoms with Gasteiger partial charge in [-0.2, -0.15) is 0 Å². The summed E-state index contributed by atoms with van der Waals surface area (Å²) in [5.41, 5.74) is -0.631. The highest BCUT2D eigenvalue weighted by atomic mass is 16.6. The number of carboxylic acids is 1. The van der Waals surface area contributed by atoms with Crippen LogP contribution >= 0.6 is 0 Å². The maximum absolute atomic E-state index is 12.1. The van der Waals surface area contributed by atoms with E-state index in [1.165, 1.54) is 6.92 Å². The lowest BCUT2D eigenvalue weighted by molar-refractivity contribution is -0.142. The fourth-order valence-corrected chi connectivity index (χ4v) is 2.97. The Bertz CT molecular complexity index is 579. The molecule has 9 heteroatoms. The largest absolute Gasteiger partial charge is 0.480 e. The van der Waals surface area contributed by atoms with Gasteiger partial charge in [-0.05, 0) is 66.2 Å². The number of alkyl carbamates (subject to hydrolysis) is 1. The molecule has 0 aliphatic heterocycles. The van der Waals surface area contributed by atoms with E-state index < -0.39 is 29.7 Å². The molecule has 28 heavy (non-hydrogen) atoms. The third-order valence-electron chi connectivity index (χ3n) is 4.64. The first-order valence-corrected chi connectivity index (χ1v) is 9.69. The van der Waals surface area contributed by atoms with E-state index in [4.69, 9.17) is 9.84 Å². The summed E-state index contributed by atoms with van der Waals surface area (Å²) in [6.45, 7) is 8.74. The number of amides is 3. The Morgan fingerprint density at radius 3 is 2.07 bits per heavy atom. The monoisotopic (exact) mass is 399 g/mol. The molecule has 0 heterocycles. The second kappa shape index (κ2) is 10.3. The summed E-state index contributed by atoms with van der Waals surface area (Å²) in [5.74, 6) is -1.52. The highest BCUT2D eigenvalue weighted by Crippen LogP contribution is 2.28. The maximum atomic E-state index is 12.1. The average Bonchev–Trinajstić information content (AvgIpc) is 2.57. The quantitative estimate of drug-likeness (QED) is 0.511. The first kappa shape index (κ1) is 23.7. The summed E-state index contributed by atoms with van der Waals surface area (Å²) >= 11 is 0. The van der Waals surface area contributed by atoms with Gasteiger partial charge in [0.05, 0.1) is 0 Å².